The van der Waals surface area contributed by atoms with Gasteiger partial charge in [-0.1, -0.05) is 27.7 Å². The molecular weight excluding hydrogens is 420 g/mol. The van der Waals surface area contributed by atoms with Crippen molar-refractivity contribution in [2.45, 2.75) is 11.7 Å². The maximum absolute atomic E-state index is 11.9. The molecule has 1 aromatic carbocycles. The molecule has 0 saturated carbocycles. The first-order valence-corrected chi connectivity index (χ1v) is 9.42. The predicted octanol–water partition coefficient (Wildman–Crippen LogP) is 3.35. The van der Waals surface area contributed by atoms with Crippen LogP contribution in [0.4, 0.5) is 4.79 Å². The molecule has 0 aliphatic rings. The number of rotatable bonds is 6. The topological polar surface area (TPSA) is 89.2 Å². The Morgan fingerprint density at radius 3 is 2.77 bits per heavy atom. The van der Waals surface area contributed by atoms with Gasteiger partial charge in [0, 0.05) is 22.6 Å². The first-order valence-electron chi connectivity index (χ1n) is 7.64. The molecule has 2 aromatic heterocycles. The van der Waals surface area contributed by atoms with E-state index >= 15 is 0 Å². The number of imidazole rings is 1. The van der Waals surface area contributed by atoms with E-state index in [2.05, 4.69) is 31.5 Å². The zero-order chi connectivity index (χ0) is 18.4. The summed E-state index contributed by atoms with van der Waals surface area (Å²) < 4.78 is 7.96. The molecular formula is C17H15BrN4O3S. The van der Waals surface area contributed by atoms with Gasteiger partial charge in [-0.3, -0.25) is 14.7 Å². The molecule has 2 heterocycles. The van der Waals surface area contributed by atoms with Gasteiger partial charge in [-0.05, 0) is 36.4 Å². The molecule has 3 amide bonds. The minimum Gasteiger partial charge on any atom is -0.467 e. The minimum absolute atomic E-state index is 0.0711. The summed E-state index contributed by atoms with van der Waals surface area (Å²) in [5.41, 5.74) is 0.935. The number of aromatic nitrogens is 2. The summed E-state index contributed by atoms with van der Waals surface area (Å²) in [4.78, 5) is 27.9. The van der Waals surface area contributed by atoms with Crippen molar-refractivity contribution in [2.75, 3.05) is 5.75 Å². The molecule has 0 bridgehead atoms. The van der Waals surface area contributed by atoms with Crippen molar-refractivity contribution in [1.29, 1.82) is 0 Å². The van der Waals surface area contributed by atoms with Crippen LogP contribution in [0.2, 0.25) is 0 Å². The highest BCUT2D eigenvalue weighted by molar-refractivity contribution is 9.10. The highest BCUT2D eigenvalue weighted by atomic mass is 79.9. The summed E-state index contributed by atoms with van der Waals surface area (Å²) in [6.45, 7) is 0.216. The summed E-state index contributed by atoms with van der Waals surface area (Å²) in [5, 5.41) is 5.49. The third-order valence-corrected chi connectivity index (χ3v) is 4.80. The van der Waals surface area contributed by atoms with E-state index in [0.29, 0.717) is 10.9 Å². The van der Waals surface area contributed by atoms with Gasteiger partial charge in [-0.25, -0.2) is 9.78 Å². The lowest BCUT2D eigenvalue weighted by atomic mass is 10.3. The van der Waals surface area contributed by atoms with Crippen LogP contribution < -0.4 is 10.6 Å². The van der Waals surface area contributed by atoms with Crippen molar-refractivity contribution < 1.29 is 14.0 Å². The van der Waals surface area contributed by atoms with E-state index in [1.807, 2.05) is 35.0 Å². The normalized spacial score (nSPS) is 10.5. The quantitative estimate of drug-likeness (QED) is 0.580. The molecule has 2 N–H and O–H groups in total. The van der Waals surface area contributed by atoms with Crippen molar-refractivity contribution in [3.63, 3.8) is 0 Å². The van der Waals surface area contributed by atoms with Gasteiger partial charge in [0.25, 0.3) is 0 Å². The lowest BCUT2D eigenvalue weighted by Gasteiger charge is -2.08. The SMILES string of the molecule is O=C(CSc1nccn1-c1ccc(Br)cc1)NC(=O)NCc1ccco1. The molecule has 0 aliphatic carbocycles. The van der Waals surface area contributed by atoms with Gasteiger partial charge in [0.05, 0.1) is 18.6 Å². The molecule has 134 valence electrons. The highest BCUT2D eigenvalue weighted by Gasteiger charge is 2.12. The first kappa shape index (κ1) is 18.3. The van der Waals surface area contributed by atoms with E-state index in [0.717, 1.165) is 10.2 Å². The zero-order valence-electron chi connectivity index (χ0n) is 13.5. The van der Waals surface area contributed by atoms with Gasteiger partial charge in [-0.15, -0.1) is 0 Å². The second-order valence-electron chi connectivity index (χ2n) is 5.16. The number of urea groups is 1. The fourth-order valence-corrected chi connectivity index (χ4v) is 3.15. The fourth-order valence-electron chi connectivity index (χ4n) is 2.11. The Balaban J connectivity index is 1.49. The van der Waals surface area contributed by atoms with Gasteiger partial charge >= 0.3 is 6.03 Å². The average Bonchev–Trinajstić information content (AvgIpc) is 3.30. The Morgan fingerprint density at radius 2 is 2.04 bits per heavy atom. The molecule has 0 fully saturated rings. The van der Waals surface area contributed by atoms with Crippen LogP contribution in [0, 0.1) is 0 Å². The van der Waals surface area contributed by atoms with Crippen molar-refractivity contribution in [3.05, 3.63) is 65.3 Å². The molecule has 0 aliphatic heterocycles. The Kier molecular flexibility index (Phi) is 6.13. The van der Waals surface area contributed by atoms with Gasteiger partial charge in [0.1, 0.15) is 5.76 Å². The van der Waals surface area contributed by atoms with Gasteiger partial charge in [-0.2, -0.15) is 0 Å². The number of benzene rings is 1. The number of thioether (sulfide) groups is 1. The highest BCUT2D eigenvalue weighted by Crippen LogP contribution is 2.21. The zero-order valence-corrected chi connectivity index (χ0v) is 15.9. The monoisotopic (exact) mass is 434 g/mol. The Morgan fingerprint density at radius 1 is 1.23 bits per heavy atom. The summed E-state index contributed by atoms with van der Waals surface area (Å²) >= 11 is 4.65. The van der Waals surface area contributed by atoms with Crippen LogP contribution in [-0.4, -0.2) is 27.2 Å². The lowest BCUT2D eigenvalue weighted by molar-refractivity contribution is -0.117. The molecule has 0 spiro atoms. The molecule has 0 saturated heterocycles. The molecule has 26 heavy (non-hydrogen) atoms. The van der Waals surface area contributed by atoms with Crippen molar-refractivity contribution >= 4 is 39.6 Å². The number of nitrogens with zero attached hydrogens (tertiary/aromatic N) is 2. The van der Waals surface area contributed by atoms with Crippen LogP contribution in [0.5, 0.6) is 0 Å². The molecule has 0 unspecified atom stereocenters. The fraction of sp³-hybridized carbons (Fsp3) is 0.118. The standard InChI is InChI=1S/C17H15BrN4O3S/c18-12-3-5-13(6-4-12)22-8-7-19-17(22)26-11-15(23)21-16(24)20-10-14-2-1-9-25-14/h1-9H,10-11H2,(H2,20,21,23,24). The summed E-state index contributed by atoms with van der Waals surface area (Å²) in [5.74, 6) is 0.276. The van der Waals surface area contributed by atoms with Gasteiger partial charge in [0.15, 0.2) is 5.16 Å². The van der Waals surface area contributed by atoms with Crippen LogP contribution >= 0.6 is 27.7 Å². The van der Waals surface area contributed by atoms with Gasteiger partial charge < -0.3 is 9.73 Å². The number of amides is 3. The molecule has 0 atom stereocenters. The van der Waals surface area contributed by atoms with E-state index < -0.39 is 11.9 Å². The number of hydrogen-bond donors (Lipinski definition) is 2. The number of furan rings is 1. The molecule has 9 heteroatoms. The first-order chi connectivity index (χ1) is 12.6. The van der Waals surface area contributed by atoms with E-state index in [9.17, 15) is 9.59 Å². The van der Waals surface area contributed by atoms with E-state index in [4.69, 9.17) is 4.42 Å². The predicted molar refractivity (Wildman–Crippen MR) is 101 cm³/mol. The largest absolute Gasteiger partial charge is 0.467 e. The average molecular weight is 435 g/mol. The minimum atomic E-state index is -0.566. The van der Waals surface area contributed by atoms with Gasteiger partial charge in [0.2, 0.25) is 5.91 Å². The van der Waals surface area contributed by atoms with Crippen LogP contribution in [-0.2, 0) is 11.3 Å². The number of carbonyl (C=O) groups is 2. The Labute approximate surface area is 162 Å². The molecule has 0 radical (unpaired) electrons. The molecule has 3 rings (SSSR count). The van der Waals surface area contributed by atoms with Crippen molar-refractivity contribution in [1.82, 2.24) is 20.2 Å². The van der Waals surface area contributed by atoms with E-state index in [1.54, 1.807) is 18.3 Å². The smallest absolute Gasteiger partial charge is 0.321 e. The van der Waals surface area contributed by atoms with Crippen molar-refractivity contribution in [3.8, 4) is 5.69 Å². The Bertz CT molecular complexity index is 878. The van der Waals surface area contributed by atoms with Crippen LogP contribution in [0.3, 0.4) is 0 Å². The molecule has 7 nitrogen and oxygen atoms in total. The second kappa shape index (κ2) is 8.72. The second-order valence-corrected chi connectivity index (χ2v) is 7.01. The maximum atomic E-state index is 11.9. The third kappa shape index (κ3) is 4.99. The number of halogens is 1. The number of carbonyl (C=O) groups excluding carboxylic acids is 2. The molecule has 3 aromatic rings. The van der Waals surface area contributed by atoms with E-state index in [-0.39, 0.29) is 12.3 Å². The summed E-state index contributed by atoms with van der Waals surface area (Å²) in [6.07, 6.45) is 5.00. The van der Waals surface area contributed by atoms with Crippen molar-refractivity contribution in [2.24, 2.45) is 0 Å². The summed E-state index contributed by atoms with van der Waals surface area (Å²) in [6, 6.07) is 10.6. The third-order valence-electron chi connectivity index (χ3n) is 3.30. The maximum Gasteiger partial charge on any atom is 0.321 e. The van der Waals surface area contributed by atoms with Crippen LogP contribution in [0.15, 0.2) is 69.1 Å². The number of nitrogens with one attached hydrogen (secondary N) is 2. The van der Waals surface area contributed by atoms with Crippen LogP contribution in [0.25, 0.3) is 5.69 Å². The number of imide groups is 1. The Hall–Kier alpha value is -2.52. The van der Waals surface area contributed by atoms with E-state index in [1.165, 1.54) is 18.0 Å². The lowest BCUT2D eigenvalue weighted by Crippen LogP contribution is -2.39. The number of hydrogen-bond acceptors (Lipinski definition) is 5. The van der Waals surface area contributed by atoms with Crippen LogP contribution in [0.1, 0.15) is 5.76 Å². The summed E-state index contributed by atoms with van der Waals surface area (Å²) in [7, 11) is 0.